The van der Waals surface area contributed by atoms with Crippen LogP contribution in [0.2, 0.25) is 0 Å². The van der Waals surface area contributed by atoms with Gasteiger partial charge in [-0.2, -0.15) is 5.10 Å². The average molecular weight is 327 g/mol. The van der Waals surface area contributed by atoms with Crippen LogP contribution < -0.4 is 4.90 Å². The molecule has 0 radical (unpaired) electrons. The Morgan fingerprint density at radius 1 is 0.917 bits per heavy atom. The van der Waals surface area contributed by atoms with Crippen molar-refractivity contribution < 1.29 is 0 Å². The molecule has 2 aromatic heterocycles. The third kappa shape index (κ3) is 3.40. The van der Waals surface area contributed by atoms with E-state index in [1.807, 2.05) is 6.07 Å². The molecule has 7 nitrogen and oxygen atoms in total. The molecule has 0 spiro atoms. The van der Waals surface area contributed by atoms with Gasteiger partial charge >= 0.3 is 0 Å². The van der Waals surface area contributed by atoms with Crippen molar-refractivity contribution in [1.82, 2.24) is 29.6 Å². The lowest BCUT2D eigenvalue weighted by atomic mass is 9.95. The Hall–Kier alpha value is -2.02. The van der Waals surface area contributed by atoms with Gasteiger partial charge in [-0.3, -0.25) is 4.90 Å². The number of nitrogens with zero attached hydrogens (tertiary/aromatic N) is 7. The Morgan fingerprint density at radius 3 is 2.42 bits per heavy atom. The van der Waals surface area contributed by atoms with Crippen LogP contribution in [0.5, 0.6) is 0 Å². The summed E-state index contributed by atoms with van der Waals surface area (Å²) in [5, 5.41) is 4.52. The molecule has 0 unspecified atom stereocenters. The summed E-state index contributed by atoms with van der Waals surface area (Å²) in [7, 11) is 0. The molecule has 1 aliphatic carbocycles. The molecular formula is C17H25N7. The first-order valence-electron chi connectivity index (χ1n) is 9.03. The van der Waals surface area contributed by atoms with Gasteiger partial charge in [0.25, 0.3) is 0 Å². The second-order valence-corrected chi connectivity index (χ2v) is 6.72. The summed E-state index contributed by atoms with van der Waals surface area (Å²) in [5.41, 5.74) is 0. The fraction of sp³-hybridized carbons (Fsp3) is 0.647. The fourth-order valence-corrected chi connectivity index (χ4v) is 3.78. The van der Waals surface area contributed by atoms with E-state index in [4.69, 9.17) is 0 Å². The summed E-state index contributed by atoms with van der Waals surface area (Å²) >= 11 is 0. The summed E-state index contributed by atoms with van der Waals surface area (Å²) in [6.07, 6.45) is 11.8. The van der Waals surface area contributed by atoms with Crippen LogP contribution in [0.1, 0.15) is 44.0 Å². The van der Waals surface area contributed by atoms with Gasteiger partial charge in [-0.1, -0.05) is 19.3 Å². The van der Waals surface area contributed by atoms with Crippen LogP contribution >= 0.6 is 0 Å². The topological polar surface area (TPSA) is 63.0 Å². The lowest BCUT2D eigenvalue weighted by Crippen LogP contribution is -2.46. The van der Waals surface area contributed by atoms with E-state index in [1.54, 1.807) is 18.7 Å². The molecular weight excluding hydrogens is 302 g/mol. The number of anilines is 1. The highest BCUT2D eigenvalue weighted by atomic mass is 15.4. The third-order valence-corrected chi connectivity index (χ3v) is 5.14. The van der Waals surface area contributed by atoms with Crippen LogP contribution in [0.3, 0.4) is 0 Å². The molecule has 24 heavy (non-hydrogen) atoms. The summed E-state index contributed by atoms with van der Waals surface area (Å²) in [6.45, 7) is 4.83. The van der Waals surface area contributed by atoms with Gasteiger partial charge < -0.3 is 4.90 Å². The SMILES string of the molecule is c1cnc(N2CCN(Cc3ncnn3C3CCCCC3)CC2)nc1. The van der Waals surface area contributed by atoms with Crippen LogP contribution in [-0.2, 0) is 6.54 Å². The van der Waals surface area contributed by atoms with Gasteiger partial charge in [0.2, 0.25) is 5.95 Å². The number of aromatic nitrogens is 5. The summed E-state index contributed by atoms with van der Waals surface area (Å²) < 4.78 is 2.19. The van der Waals surface area contributed by atoms with E-state index in [2.05, 4.69) is 34.5 Å². The first kappa shape index (κ1) is 15.5. The molecule has 0 aromatic carbocycles. The van der Waals surface area contributed by atoms with E-state index in [0.29, 0.717) is 6.04 Å². The Balaban J connectivity index is 1.35. The van der Waals surface area contributed by atoms with Gasteiger partial charge in [-0.15, -0.1) is 0 Å². The van der Waals surface area contributed by atoms with Gasteiger partial charge in [0, 0.05) is 38.6 Å². The van der Waals surface area contributed by atoms with Crippen LogP contribution in [0.15, 0.2) is 24.8 Å². The quantitative estimate of drug-likeness (QED) is 0.854. The van der Waals surface area contributed by atoms with Crippen molar-refractivity contribution in [2.75, 3.05) is 31.1 Å². The Bertz CT molecular complexity index is 627. The van der Waals surface area contributed by atoms with Crippen molar-refractivity contribution in [3.8, 4) is 0 Å². The van der Waals surface area contributed by atoms with Crippen molar-refractivity contribution in [3.63, 3.8) is 0 Å². The standard InChI is InChI=1S/C17H25N7/c1-2-5-15(6-3-1)24-16(20-14-21-24)13-22-9-11-23(12-10-22)17-18-7-4-8-19-17/h4,7-8,14-15H,1-3,5-6,9-13H2. The predicted molar refractivity (Wildman–Crippen MR) is 91.7 cm³/mol. The molecule has 0 amide bonds. The van der Waals surface area contributed by atoms with Gasteiger partial charge in [-0.05, 0) is 18.9 Å². The van der Waals surface area contributed by atoms with Crippen LogP contribution in [0.25, 0.3) is 0 Å². The summed E-state index contributed by atoms with van der Waals surface area (Å²) in [6, 6.07) is 2.41. The lowest BCUT2D eigenvalue weighted by molar-refractivity contribution is 0.229. The van der Waals surface area contributed by atoms with E-state index in [1.165, 1.54) is 32.1 Å². The molecule has 7 heteroatoms. The molecule has 2 fully saturated rings. The Morgan fingerprint density at radius 2 is 1.67 bits per heavy atom. The predicted octanol–water partition coefficient (Wildman–Crippen LogP) is 1.90. The second kappa shape index (κ2) is 7.25. The third-order valence-electron chi connectivity index (χ3n) is 5.14. The maximum atomic E-state index is 4.53. The average Bonchev–Trinajstić information content (AvgIpc) is 3.12. The molecule has 0 N–H and O–H groups in total. The minimum absolute atomic E-state index is 0.551. The van der Waals surface area contributed by atoms with Gasteiger partial charge in [0.15, 0.2) is 0 Å². The first-order chi connectivity index (χ1) is 11.9. The van der Waals surface area contributed by atoms with Crippen molar-refractivity contribution in [2.45, 2.75) is 44.7 Å². The molecule has 128 valence electrons. The molecule has 1 saturated carbocycles. The highest BCUT2D eigenvalue weighted by molar-refractivity contribution is 5.29. The molecule has 2 aliphatic rings. The molecule has 4 rings (SSSR count). The zero-order valence-electron chi connectivity index (χ0n) is 14.1. The van der Waals surface area contributed by atoms with Crippen molar-refractivity contribution in [1.29, 1.82) is 0 Å². The largest absolute Gasteiger partial charge is 0.338 e. The van der Waals surface area contributed by atoms with E-state index < -0.39 is 0 Å². The minimum atomic E-state index is 0.551. The highest BCUT2D eigenvalue weighted by Gasteiger charge is 2.23. The van der Waals surface area contributed by atoms with Gasteiger partial charge in [0.1, 0.15) is 12.2 Å². The fourth-order valence-electron chi connectivity index (χ4n) is 3.78. The monoisotopic (exact) mass is 327 g/mol. The van der Waals surface area contributed by atoms with Crippen molar-refractivity contribution in [2.24, 2.45) is 0 Å². The Labute approximate surface area is 142 Å². The second-order valence-electron chi connectivity index (χ2n) is 6.72. The molecule has 0 bridgehead atoms. The normalized spacial score (nSPS) is 20.4. The van der Waals surface area contributed by atoms with Crippen LogP contribution in [0, 0.1) is 0 Å². The van der Waals surface area contributed by atoms with Gasteiger partial charge in [-0.25, -0.2) is 19.6 Å². The number of piperazine rings is 1. The maximum absolute atomic E-state index is 4.53. The minimum Gasteiger partial charge on any atom is -0.338 e. The summed E-state index contributed by atoms with van der Waals surface area (Å²) in [5.74, 6) is 1.95. The Kier molecular flexibility index (Phi) is 4.69. The van der Waals surface area contributed by atoms with Gasteiger partial charge in [0.05, 0.1) is 12.6 Å². The molecule has 1 saturated heterocycles. The molecule has 0 atom stereocenters. The van der Waals surface area contributed by atoms with E-state index in [0.717, 1.165) is 44.5 Å². The van der Waals surface area contributed by atoms with E-state index in [9.17, 15) is 0 Å². The molecule has 2 aromatic rings. The zero-order chi connectivity index (χ0) is 16.2. The van der Waals surface area contributed by atoms with Crippen molar-refractivity contribution >= 4 is 5.95 Å². The number of hydrogen-bond acceptors (Lipinski definition) is 6. The maximum Gasteiger partial charge on any atom is 0.225 e. The number of hydrogen-bond donors (Lipinski definition) is 0. The van der Waals surface area contributed by atoms with E-state index >= 15 is 0 Å². The van der Waals surface area contributed by atoms with Crippen LogP contribution in [0.4, 0.5) is 5.95 Å². The van der Waals surface area contributed by atoms with E-state index in [-0.39, 0.29) is 0 Å². The zero-order valence-corrected chi connectivity index (χ0v) is 14.1. The highest BCUT2D eigenvalue weighted by Crippen LogP contribution is 2.28. The summed E-state index contributed by atoms with van der Waals surface area (Å²) in [4.78, 5) is 17.9. The smallest absolute Gasteiger partial charge is 0.225 e. The van der Waals surface area contributed by atoms with Crippen LogP contribution in [-0.4, -0.2) is 55.8 Å². The lowest BCUT2D eigenvalue weighted by Gasteiger charge is -2.34. The molecule has 1 aliphatic heterocycles. The molecule has 3 heterocycles. The first-order valence-corrected chi connectivity index (χ1v) is 9.03. The van der Waals surface area contributed by atoms with Crippen molar-refractivity contribution in [3.05, 3.63) is 30.6 Å². The number of rotatable bonds is 4.